The molecule has 0 bridgehead atoms. The molecule has 216 valence electrons. The second-order valence-electron chi connectivity index (χ2n) is 10.1. The fraction of sp³-hybridized carbons (Fsp3) is 0.281. The Morgan fingerprint density at radius 3 is 2.40 bits per heavy atom. The molecule has 0 aliphatic carbocycles. The minimum absolute atomic E-state index is 0.143. The molecule has 42 heavy (non-hydrogen) atoms. The van der Waals surface area contributed by atoms with Crippen LogP contribution in [0.3, 0.4) is 0 Å². The monoisotopic (exact) mass is 584 g/mol. The first-order valence-corrected chi connectivity index (χ1v) is 14.7. The fourth-order valence-electron chi connectivity index (χ4n) is 4.96. The Balaban J connectivity index is 1.31. The fourth-order valence-corrected chi connectivity index (χ4v) is 6.02. The lowest BCUT2D eigenvalue weighted by atomic mass is 9.97. The number of aryl methyl sites for hydroxylation is 1. The van der Waals surface area contributed by atoms with Gasteiger partial charge in [0.15, 0.2) is 5.17 Å². The SMILES string of the molecule is CCc1ccc([C@@H]2CC(c3ccc(OC)cc3)=NN2C2=NC(=O)[C@@H](CC(=O)N[C@H](Cc3ccccc3)C(=O)O)S2)cc1. The zero-order chi connectivity index (χ0) is 29.6. The van der Waals surface area contributed by atoms with Crippen molar-refractivity contribution in [2.24, 2.45) is 10.1 Å². The minimum Gasteiger partial charge on any atom is -0.497 e. The number of carbonyl (C=O) groups excluding carboxylic acids is 2. The summed E-state index contributed by atoms with van der Waals surface area (Å²) >= 11 is 1.18. The second kappa shape index (κ2) is 13.0. The highest BCUT2D eigenvalue weighted by Gasteiger charge is 2.39. The molecule has 2 N–H and O–H groups in total. The van der Waals surface area contributed by atoms with Gasteiger partial charge in [0, 0.05) is 19.3 Å². The minimum atomic E-state index is -1.14. The van der Waals surface area contributed by atoms with Gasteiger partial charge >= 0.3 is 5.97 Å². The van der Waals surface area contributed by atoms with Crippen LogP contribution >= 0.6 is 11.8 Å². The van der Waals surface area contributed by atoms with E-state index in [1.165, 1.54) is 17.3 Å². The van der Waals surface area contributed by atoms with Crippen LogP contribution in [0.25, 0.3) is 0 Å². The van der Waals surface area contributed by atoms with E-state index in [1.54, 1.807) is 12.1 Å². The van der Waals surface area contributed by atoms with Gasteiger partial charge in [-0.1, -0.05) is 73.3 Å². The third kappa shape index (κ3) is 6.71. The number of aliphatic imine (C=N–C) groups is 1. The standard InChI is InChI=1S/C32H32N4O5S/c1-3-20-9-11-23(12-10-20)27-18-25(22-13-15-24(41-2)16-14-22)35-36(27)32-34-30(38)28(42-32)19-29(37)33-26(31(39)40)17-21-7-5-4-6-8-21/h4-16,26-28H,3,17-19H2,1-2H3,(H,33,37)(H,39,40)/t26-,27+,28-/m1/s1. The van der Waals surface area contributed by atoms with Crippen LogP contribution in [0.2, 0.25) is 0 Å². The van der Waals surface area contributed by atoms with E-state index in [2.05, 4.69) is 41.5 Å². The van der Waals surface area contributed by atoms with Crippen LogP contribution in [-0.2, 0) is 27.2 Å². The Bertz CT molecular complexity index is 1510. The molecule has 5 rings (SSSR count). The maximum atomic E-state index is 12.9. The first-order chi connectivity index (χ1) is 20.3. The summed E-state index contributed by atoms with van der Waals surface area (Å²) < 4.78 is 5.29. The summed E-state index contributed by atoms with van der Waals surface area (Å²) in [5, 5.41) is 18.6. The lowest BCUT2D eigenvalue weighted by Crippen LogP contribution is -2.43. The molecule has 9 nitrogen and oxygen atoms in total. The molecule has 0 unspecified atom stereocenters. The van der Waals surface area contributed by atoms with Crippen molar-refractivity contribution < 1.29 is 24.2 Å². The van der Waals surface area contributed by atoms with E-state index >= 15 is 0 Å². The van der Waals surface area contributed by atoms with Gasteiger partial charge in [0.25, 0.3) is 5.91 Å². The molecule has 0 aromatic heterocycles. The molecule has 3 aromatic carbocycles. The summed E-state index contributed by atoms with van der Waals surface area (Å²) in [5.41, 5.74) is 4.85. The lowest BCUT2D eigenvalue weighted by molar-refractivity contribution is -0.141. The number of methoxy groups -OCH3 is 1. The van der Waals surface area contributed by atoms with E-state index < -0.39 is 29.1 Å². The number of aliphatic carboxylic acids is 1. The summed E-state index contributed by atoms with van der Waals surface area (Å²) in [6.07, 6.45) is 1.49. The first-order valence-electron chi connectivity index (χ1n) is 13.8. The van der Waals surface area contributed by atoms with Gasteiger partial charge in [0.2, 0.25) is 5.91 Å². The largest absolute Gasteiger partial charge is 0.497 e. The molecule has 3 aromatic rings. The van der Waals surface area contributed by atoms with E-state index in [0.717, 1.165) is 34.6 Å². The molecule has 0 saturated carbocycles. The van der Waals surface area contributed by atoms with E-state index in [1.807, 2.05) is 54.6 Å². The number of hydrogen-bond acceptors (Lipinski definition) is 7. The van der Waals surface area contributed by atoms with E-state index in [4.69, 9.17) is 9.84 Å². The Kier molecular flexibility index (Phi) is 9.02. The number of carboxylic acids is 1. The van der Waals surface area contributed by atoms with Gasteiger partial charge < -0.3 is 15.2 Å². The number of amides is 2. The number of carbonyl (C=O) groups is 3. The predicted molar refractivity (Wildman–Crippen MR) is 163 cm³/mol. The van der Waals surface area contributed by atoms with Gasteiger partial charge in [-0.25, -0.2) is 9.80 Å². The Labute approximate surface area is 248 Å². The highest BCUT2D eigenvalue weighted by atomic mass is 32.2. The van der Waals surface area contributed by atoms with Crippen LogP contribution in [0, 0.1) is 0 Å². The number of nitrogens with one attached hydrogen (secondary N) is 1. The number of amidine groups is 1. The highest BCUT2D eigenvalue weighted by Crippen LogP contribution is 2.38. The number of carboxylic acid groups (broad SMARTS) is 1. The maximum Gasteiger partial charge on any atom is 0.326 e. The Hall–Kier alpha value is -4.44. The molecule has 0 saturated heterocycles. The van der Waals surface area contributed by atoms with Crippen LogP contribution in [0.4, 0.5) is 0 Å². The third-order valence-corrected chi connectivity index (χ3v) is 8.46. The summed E-state index contributed by atoms with van der Waals surface area (Å²) in [7, 11) is 1.62. The van der Waals surface area contributed by atoms with Crippen molar-refractivity contribution in [3.8, 4) is 5.75 Å². The van der Waals surface area contributed by atoms with Crippen LogP contribution in [0.5, 0.6) is 5.75 Å². The number of thioether (sulfide) groups is 1. The molecule has 0 radical (unpaired) electrons. The number of hydrogen-bond donors (Lipinski definition) is 2. The molecule has 2 aliphatic heterocycles. The van der Waals surface area contributed by atoms with Crippen molar-refractivity contribution in [3.63, 3.8) is 0 Å². The summed E-state index contributed by atoms with van der Waals surface area (Å²) in [6, 6.07) is 23.8. The van der Waals surface area contributed by atoms with Crippen LogP contribution in [-0.4, -0.2) is 57.2 Å². The first kappa shape index (κ1) is 29.1. The van der Waals surface area contributed by atoms with Crippen LogP contribution in [0.1, 0.15) is 48.1 Å². The number of nitrogens with zero attached hydrogens (tertiary/aromatic N) is 3. The van der Waals surface area contributed by atoms with Gasteiger partial charge in [-0.3, -0.25) is 9.59 Å². The number of rotatable bonds is 10. The van der Waals surface area contributed by atoms with Crippen molar-refractivity contribution in [2.75, 3.05) is 7.11 Å². The molecule has 3 atom stereocenters. The number of ether oxygens (including phenoxy) is 1. The normalized spacial score (nSPS) is 18.8. The van der Waals surface area contributed by atoms with Crippen LogP contribution in [0.15, 0.2) is 89.0 Å². The predicted octanol–water partition coefficient (Wildman–Crippen LogP) is 4.61. The second-order valence-corrected chi connectivity index (χ2v) is 11.3. The smallest absolute Gasteiger partial charge is 0.326 e. The summed E-state index contributed by atoms with van der Waals surface area (Å²) in [4.78, 5) is 41.9. The van der Waals surface area contributed by atoms with Crippen molar-refractivity contribution in [1.29, 1.82) is 0 Å². The summed E-state index contributed by atoms with van der Waals surface area (Å²) in [5.74, 6) is -1.34. The molecule has 2 amide bonds. The molecule has 0 fully saturated rings. The van der Waals surface area contributed by atoms with Crippen LogP contribution < -0.4 is 10.1 Å². The lowest BCUT2D eigenvalue weighted by Gasteiger charge is -2.23. The van der Waals surface area contributed by atoms with Crippen molar-refractivity contribution in [3.05, 3.63) is 101 Å². The number of benzene rings is 3. The zero-order valence-corrected chi connectivity index (χ0v) is 24.2. The van der Waals surface area contributed by atoms with Gasteiger partial charge in [-0.15, -0.1) is 0 Å². The molecule has 10 heteroatoms. The van der Waals surface area contributed by atoms with E-state index in [0.29, 0.717) is 11.6 Å². The molecule has 0 spiro atoms. The summed E-state index contributed by atoms with van der Waals surface area (Å²) in [6.45, 7) is 2.11. The maximum absolute atomic E-state index is 12.9. The van der Waals surface area contributed by atoms with Crippen molar-refractivity contribution in [2.45, 2.75) is 49.9 Å². The van der Waals surface area contributed by atoms with E-state index in [9.17, 15) is 19.5 Å². The molecular weight excluding hydrogens is 552 g/mol. The average molecular weight is 585 g/mol. The third-order valence-electron chi connectivity index (χ3n) is 7.32. The van der Waals surface area contributed by atoms with E-state index in [-0.39, 0.29) is 18.9 Å². The Morgan fingerprint density at radius 1 is 1.05 bits per heavy atom. The van der Waals surface area contributed by atoms with Gasteiger partial charge in [0.1, 0.15) is 17.0 Å². The van der Waals surface area contributed by atoms with Gasteiger partial charge in [0.05, 0.1) is 18.9 Å². The molecule has 2 aliphatic rings. The van der Waals surface area contributed by atoms with Gasteiger partial charge in [-0.05, 0) is 52.9 Å². The Morgan fingerprint density at radius 2 is 1.76 bits per heavy atom. The average Bonchev–Trinajstić information content (AvgIpc) is 3.61. The topological polar surface area (TPSA) is 121 Å². The molecule has 2 heterocycles. The molecular formula is C32H32N4O5S. The van der Waals surface area contributed by atoms with Crippen molar-refractivity contribution >= 4 is 40.4 Å². The zero-order valence-electron chi connectivity index (χ0n) is 23.4. The van der Waals surface area contributed by atoms with Gasteiger partial charge in [-0.2, -0.15) is 10.1 Å². The highest BCUT2D eigenvalue weighted by molar-refractivity contribution is 8.15. The number of hydrazone groups is 1. The van der Waals surface area contributed by atoms with Crippen molar-refractivity contribution in [1.82, 2.24) is 10.3 Å². The quantitative estimate of drug-likeness (QED) is 0.357.